The van der Waals surface area contributed by atoms with Crippen molar-refractivity contribution in [1.29, 1.82) is 0 Å². The molecule has 0 N–H and O–H groups in total. The van der Waals surface area contributed by atoms with E-state index < -0.39 is 0 Å². The van der Waals surface area contributed by atoms with Crippen LogP contribution in [0.4, 0.5) is 0 Å². The van der Waals surface area contributed by atoms with Crippen LogP contribution in [0.3, 0.4) is 0 Å². The average Bonchev–Trinajstić information content (AvgIpc) is 2.56. The molecule has 3 rings (SSSR count). The molecule has 23 heavy (non-hydrogen) atoms. The molecule has 0 fully saturated rings. The van der Waals surface area contributed by atoms with E-state index >= 15 is 0 Å². The Labute approximate surface area is 143 Å². The summed E-state index contributed by atoms with van der Waals surface area (Å²) in [7, 11) is 0.0495. The van der Waals surface area contributed by atoms with Crippen molar-refractivity contribution in [3.05, 3.63) is 88.9 Å². The third-order valence-electron chi connectivity index (χ3n) is 3.71. The number of aryl methyl sites for hydroxylation is 1. The van der Waals surface area contributed by atoms with Crippen LogP contribution in [0.5, 0.6) is 0 Å². The molecule has 0 amide bonds. The fraction of sp³-hybridized carbons (Fsp3) is 0.0500. The normalized spacial score (nSPS) is 11.0. The Morgan fingerprint density at radius 2 is 1.57 bits per heavy atom. The standard InChI is InChI=1S/C20H16ClOP/c1-14-8-7-12-17(21)19(14)20(22)23-18-13-6-5-11-16(18)15-9-3-2-4-10-15/h2-13,23H,1H3. The fourth-order valence-corrected chi connectivity index (χ4v) is 4.20. The topological polar surface area (TPSA) is 17.1 Å². The number of carbonyl (C=O) groups excluding carboxylic acids is 1. The second-order valence-electron chi connectivity index (χ2n) is 5.30. The minimum atomic E-state index is 0.0495. The maximum Gasteiger partial charge on any atom is 0.187 e. The first-order valence-corrected chi connectivity index (χ1v) is 8.75. The van der Waals surface area contributed by atoms with E-state index in [9.17, 15) is 4.79 Å². The Hall–Kier alpha value is -1.95. The third kappa shape index (κ3) is 3.52. The van der Waals surface area contributed by atoms with Crippen LogP contribution in [0, 0.1) is 6.92 Å². The molecule has 0 aliphatic heterocycles. The minimum Gasteiger partial charge on any atom is -0.289 e. The zero-order valence-corrected chi connectivity index (χ0v) is 14.5. The Balaban J connectivity index is 1.97. The molecule has 114 valence electrons. The van der Waals surface area contributed by atoms with E-state index in [4.69, 9.17) is 11.6 Å². The molecular weight excluding hydrogens is 323 g/mol. The Morgan fingerprint density at radius 1 is 0.870 bits per heavy atom. The van der Waals surface area contributed by atoms with Crippen molar-refractivity contribution in [3.8, 4) is 11.1 Å². The van der Waals surface area contributed by atoms with E-state index in [0.717, 1.165) is 22.0 Å². The Kier molecular flexibility index (Phi) is 4.91. The second-order valence-corrected chi connectivity index (χ2v) is 6.95. The molecule has 0 heterocycles. The van der Waals surface area contributed by atoms with E-state index in [1.54, 1.807) is 6.07 Å². The van der Waals surface area contributed by atoms with Crippen LogP contribution in [0.15, 0.2) is 72.8 Å². The molecular formula is C20H16ClOP. The van der Waals surface area contributed by atoms with Crippen LogP contribution in [0.2, 0.25) is 5.02 Å². The van der Waals surface area contributed by atoms with Gasteiger partial charge >= 0.3 is 0 Å². The number of halogens is 1. The molecule has 3 aromatic rings. The predicted octanol–water partition coefficient (Wildman–Crippen LogP) is 5.46. The summed E-state index contributed by atoms with van der Waals surface area (Å²) in [5.74, 6) is 0. The number of benzene rings is 3. The molecule has 0 aromatic heterocycles. The Morgan fingerprint density at radius 3 is 2.30 bits per heavy atom. The SMILES string of the molecule is Cc1cccc(Cl)c1C(=O)Pc1ccccc1-c1ccccc1. The van der Waals surface area contributed by atoms with Gasteiger partial charge < -0.3 is 0 Å². The zero-order valence-electron chi connectivity index (χ0n) is 12.7. The van der Waals surface area contributed by atoms with Crippen molar-refractivity contribution >= 4 is 31.0 Å². The van der Waals surface area contributed by atoms with E-state index in [0.29, 0.717) is 10.6 Å². The number of hydrogen-bond donors (Lipinski definition) is 0. The molecule has 3 heteroatoms. The van der Waals surface area contributed by atoms with Crippen LogP contribution in [-0.2, 0) is 0 Å². The largest absolute Gasteiger partial charge is 0.289 e. The quantitative estimate of drug-likeness (QED) is 0.577. The maximum absolute atomic E-state index is 12.8. The number of rotatable bonds is 4. The van der Waals surface area contributed by atoms with E-state index in [1.165, 1.54) is 0 Å². The minimum absolute atomic E-state index is 0.0495. The second kappa shape index (κ2) is 7.08. The highest BCUT2D eigenvalue weighted by Crippen LogP contribution is 2.30. The first-order chi connectivity index (χ1) is 11.2. The van der Waals surface area contributed by atoms with Crippen molar-refractivity contribution in [2.75, 3.05) is 0 Å². The van der Waals surface area contributed by atoms with E-state index in [-0.39, 0.29) is 14.1 Å². The molecule has 0 aliphatic carbocycles. The molecule has 0 saturated heterocycles. The molecule has 0 spiro atoms. The van der Waals surface area contributed by atoms with Gasteiger partial charge in [-0.3, -0.25) is 4.79 Å². The van der Waals surface area contributed by atoms with Gasteiger partial charge in [-0.05, 0) is 43.6 Å². The molecule has 3 aromatic carbocycles. The van der Waals surface area contributed by atoms with Gasteiger partial charge in [-0.1, -0.05) is 78.3 Å². The van der Waals surface area contributed by atoms with E-state index in [1.807, 2.05) is 55.5 Å². The van der Waals surface area contributed by atoms with Gasteiger partial charge in [-0.15, -0.1) is 0 Å². The molecule has 0 aliphatic rings. The summed E-state index contributed by atoms with van der Waals surface area (Å²) >= 11 is 6.23. The first-order valence-electron chi connectivity index (χ1n) is 7.38. The van der Waals surface area contributed by atoms with Crippen molar-refractivity contribution in [3.63, 3.8) is 0 Å². The summed E-state index contributed by atoms with van der Waals surface area (Å²) in [6.07, 6.45) is 0. The van der Waals surface area contributed by atoms with Gasteiger partial charge in [0.2, 0.25) is 0 Å². The molecule has 1 atom stereocenters. The summed E-state index contributed by atoms with van der Waals surface area (Å²) < 4.78 is 0. The van der Waals surface area contributed by atoms with Crippen molar-refractivity contribution < 1.29 is 4.79 Å². The fourth-order valence-electron chi connectivity index (χ4n) is 2.57. The summed E-state index contributed by atoms with van der Waals surface area (Å²) in [5, 5.41) is 1.57. The van der Waals surface area contributed by atoms with Gasteiger partial charge in [0.05, 0.1) is 5.02 Å². The lowest BCUT2D eigenvalue weighted by Gasteiger charge is -2.11. The van der Waals surface area contributed by atoms with Crippen LogP contribution in [-0.4, -0.2) is 5.52 Å². The smallest absolute Gasteiger partial charge is 0.187 e. The molecule has 1 nitrogen and oxygen atoms in total. The van der Waals surface area contributed by atoms with Crippen LogP contribution >= 0.6 is 20.2 Å². The summed E-state index contributed by atoms with van der Waals surface area (Å²) in [4.78, 5) is 12.8. The lowest BCUT2D eigenvalue weighted by Crippen LogP contribution is -2.06. The van der Waals surface area contributed by atoms with Crippen molar-refractivity contribution in [2.45, 2.75) is 6.92 Å². The van der Waals surface area contributed by atoms with Crippen LogP contribution < -0.4 is 5.30 Å². The zero-order chi connectivity index (χ0) is 16.2. The van der Waals surface area contributed by atoms with Crippen molar-refractivity contribution in [1.82, 2.24) is 0 Å². The molecule has 0 saturated carbocycles. The Bertz CT molecular complexity index is 823. The van der Waals surface area contributed by atoms with Gasteiger partial charge in [-0.25, -0.2) is 0 Å². The highest BCUT2D eigenvalue weighted by atomic mass is 35.5. The summed E-state index contributed by atoms with van der Waals surface area (Å²) in [5.41, 5.74) is 3.86. The average molecular weight is 339 g/mol. The molecule has 0 radical (unpaired) electrons. The highest BCUT2D eigenvalue weighted by molar-refractivity contribution is 7.66. The van der Waals surface area contributed by atoms with Gasteiger partial charge in [0.25, 0.3) is 0 Å². The summed E-state index contributed by atoms with van der Waals surface area (Å²) in [6, 6.07) is 23.8. The van der Waals surface area contributed by atoms with Gasteiger partial charge in [0, 0.05) is 5.56 Å². The van der Waals surface area contributed by atoms with Crippen molar-refractivity contribution in [2.24, 2.45) is 0 Å². The summed E-state index contributed by atoms with van der Waals surface area (Å²) in [6.45, 7) is 1.92. The lowest BCUT2D eigenvalue weighted by atomic mass is 10.1. The third-order valence-corrected chi connectivity index (χ3v) is 5.21. The first kappa shape index (κ1) is 15.9. The molecule has 0 bridgehead atoms. The lowest BCUT2D eigenvalue weighted by molar-refractivity contribution is 0.108. The number of carbonyl (C=O) groups is 1. The molecule has 1 unspecified atom stereocenters. The van der Waals surface area contributed by atoms with E-state index in [2.05, 4.69) is 18.2 Å². The van der Waals surface area contributed by atoms with Gasteiger partial charge in [0.1, 0.15) is 0 Å². The van der Waals surface area contributed by atoms with Gasteiger partial charge in [-0.2, -0.15) is 0 Å². The van der Waals surface area contributed by atoms with Crippen LogP contribution in [0.25, 0.3) is 11.1 Å². The monoisotopic (exact) mass is 338 g/mol. The number of hydrogen-bond acceptors (Lipinski definition) is 1. The van der Waals surface area contributed by atoms with Crippen LogP contribution in [0.1, 0.15) is 15.9 Å². The predicted molar refractivity (Wildman–Crippen MR) is 100 cm³/mol. The maximum atomic E-state index is 12.8. The van der Waals surface area contributed by atoms with Gasteiger partial charge in [0.15, 0.2) is 5.52 Å². The highest BCUT2D eigenvalue weighted by Gasteiger charge is 2.15.